The zero-order valence-corrected chi connectivity index (χ0v) is 11.0. The first kappa shape index (κ1) is 14.4. The van der Waals surface area contributed by atoms with Crippen LogP contribution in [0.1, 0.15) is 17.4 Å². The number of piperazine rings is 1. The second kappa shape index (κ2) is 5.57. The van der Waals surface area contributed by atoms with Gasteiger partial charge in [-0.05, 0) is 19.1 Å². The van der Waals surface area contributed by atoms with Gasteiger partial charge in [0.05, 0.1) is 5.69 Å². The van der Waals surface area contributed by atoms with Gasteiger partial charge >= 0.3 is 12.0 Å². The van der Waals surface area contributed by atoms with Crippen LogP contribution in [0.15, 0.2) is 18.3 Å². The number of anilines is 1. The molecule has 0 saturated carbocycles. The minimum Gasteiger partial charge on any atom is -0.476 e. The maximum atomic E-state index is 12.1. The Morgan fingerprint density at radius 1 is 1.48 bits per heavy atom. The van der Waals surface area contributed by atoms with Gasteiger partial charge in [-0.15, -0.1) is 0 Å². The average molecular weight is 292 g/mol. The second-order valence-electron chi connectivity index (χ2n) is 4.35. The Morgan fingerprint density at radius 2 is 2.19 bits per heavy atom. The van der Waals surface area contributed by atoms with Gasteiger partial charge in [-0.3, -0.25) is 14.9 Å². The Hall–Kier alpha value is -2.97. The van der Waals surface area contributed by atoms with Gasteiger partial charge in [0.25, 0.3) is 0 Å². The van der Waals surface area contributed by atoms with E-state index in [1.807, 2.05) is 0 Å². The van der Waals surface area contributed by atoms with Crippen molar-refractivity contribution in [3.63, 3.8) is 0 Å². The van der Waals surface area contributed by atoms with Gasteiger partial charge in [0.1, 0.15) is 12.6 Å². The quantitative estimate of drug-likeness (QED) is 0.639. The molecule has 9 nitrogen and oxygen atoms in total. The first-order chi connectivity index (χ1) is 9.90. The molecular weight excluding hydrogens is 280 g/mol. The Bertz CT molecular complexity index is 630. The molecule has 0 bridgehead atoms. The largest absolute Gasteiger partial charge is 0.476 e. The first-order valence-corrected chi connectivity index (χ1v) is 5.99. The number of carbonyl (C=O) groups excluding carboxylic acids is 3. The van der Waals surface area contributed by atoms with Crippen LogP contribution < -0.4 is 10.6 Å². The normalized spacial score (nSPS) is 18.1. The van der Waals surface area contributed by atoms with Gasteiger partial charge in [0.15, 0.2) is 5.69 Å². The third kappa shape index (κ3) is 2.96. The number of nitrogens with one attached hydrogen (secondary N) is 2. The van der Waals surface area contributed by atoms with Crippen molar-refractivity contribution in [1.82, 2.24) is 15.2 Å². The van der Waals surface area contributed by atoms with Crippen LogP contribution in [0.4, 0.5) is 10.5 Å². The fourth-order valence-corrected chi connectivity index (χ4v) is 1.83. The Morgan fingerprint density at radius 3 is 2.86 bits per heavy atom. The maximum absolute atomic E-state index is 12.1. The van der Waals surface area contributed by atoms with Crippen molar-refractivity contribution >= 4 is 29.5 Å². The monoisotopic (exact) mass is 292 g/mol. The van der Waals surface area contributed by atoms with Crippen molar-refractivity contribution in [3.8, 4) is 0 Å². The van der Waals surface area contributed by atoms with E-state index in [-0.39, 0.29) is 17.9 Å². The standard InChI is InChI=1S/C12H12N4O5/c1-6-10(18)15-8(17)5-16(6)12(21)14-7-3-2-4-13-9(7)11(19)20/h2-4,6H,5H2,1H3,(H,14,21)(H,19,20)(H,15,17,18). The minimum atomic E-state index is -1.30. The Balaban J connectivity index is 2.20. The zero-order chi connectivity index (χ0) is 15.6. The zero-order valence-electron chi connectivity index (χ0n) is 11.0. The summed E-state index contributed by atoms with van der Waals surface area (Å²) in [6.07, 6.45) is 1.28. The van der Waals surface area contributed by atoms with Crippen LogP contribution in [-0.4, -0.2) is 51.4 Å². The van der Waals surface area contributed by atoms with E-state index < -0.39 is 29.9 Å². The van der Waals surface area contributed by atoms with E-state index in [1.54, 1.807) is 0 Å². The van der Waals surface area contributed by atoms with E-state index in [0.29, 0.717) is 0 Å². The smallest absolute Gasteiger partial charge is 0.356 e. The molecule has 1 atom stereocenters. The predicted molar refractivity (Wildman–Crippen MR) is 69.5 cm³/mol. The van der Waals surface area contributed by atoms with E-state index in [2.05, 4.69) is 15.6 Å². The van der Waals surface area contributed by atoms with E-state index in [4.69, 9.17) is 5.11 Å². The van der Waals surface area contributed by atoms with Crippen molar-refractivity contribution in [2.45, 2.75) is 13.0 Å². The van der Waals surface area contributed by atoms with Crippen molar-refractivity contribution in [3.05, 3.63) is 24.0 Å². The summed E-state index contributed by atoms with van der Waals surface area (Å²) in [7, 11) is 0. The molecule has 1 aliphatic heterocycles. The molecule has 1 unspecified atom stereocenters. The highest BCUT2D eigenvalue weighted by molar-refractivity contribution is 6.06. The summed E-state index contributed by atoms with van der Waals surface area (Å²) in [5.41, 5.74) is -0.341. The lowest BCUT2D eigenvalue weighted by Gasteiger charge is -2.31. The number of carbonyl (C=O) groups is 4. The van der Waals surface area contributed by atoms with Gasteiger partial charge in [-0.2, -0.15) is 0 Å². The summed E-state index contributed by atoms with van der Waals surface area (Å²) in [4.78, 5) is 50.6. The van der Waals surface area contributed by atoms with Gasteiger partial charge in [-0.25, -0.2) is 14.6 Å². The summed E-state index contributed by atoms with van der Waals surface area (Å²) in [5, 5.41) is 13.4. The van der Waals surface area contributed by atoms with Crippen molar-refractivity contribution in [2.24, 2.45) is 0 Å². The minimum absolute atomic E-state index is 0.0133. The molecule has 0 aromatic carbocycles. The molecule has 1 fully saturated rings. The summed E-state index contributed by atoms with van der Waals surface area (Å²) in [5.74, 6) is -2.49. The number of rotatable bonds is 2. The molecule has 9 heteroatoms. The predicted octanol–water partition coefficient (Wildman–Crippen LogP) is -0.341. The second-order valence-corrected chi connectivity index (χ2v) is 4.35. The highest BCUT2D eigenvalue weighted by atomic mass is 16.4. The maximum Gasteiger partial charge on any atom is 0.356 e. The average Bonchev–Trinajstić information content (AvgIpc) is 2.43. The summed E-state index contributed by atoms with van der Waals surface area (Å²) >= 11 is 0. The number of carboxylic acids is 1. The van der Waals surface area contributed by atoms with Gasteiger partial charge in [0, 0.05) is 6.20 Å². The fraction of sp³-hybridized carbons (Fsp3) is 0.250. The fourth-order valence-electron chi connectivity index (χ4n) is 1.83. The van der Waals surface area contributed by atoms with Crippen molar-refractivity contribution < 1.29 is 24.3 Å². The molecule has 3 N–H and O–H groups in total. The highest BCUT2D eigenvalue weighted by Gasteiger charge is 2.34. The SMILES string of the molecule is CC1C(=O)NC(=O)CN1C(=O)Nc1cccnc1C(=O)O. The number of carboxylic acid groups (broad SMARTS) is 1. The molecule has 2 rings (SSSR count). The summed E-state index contributed by atoms with van der Waals surface area (Å²) < 4.78 is 0. The van der Waals surface area contributed by atoms with Crippen molar-refractivity contribution in [1.29, 1.82) is 0 Å². The number of imide groups is 1. The topological polar surface area (TPSA) is 129 Å². The molecular formula is C12H12N4O5. The first-order valence-electron chi connectivity index (χ1n) is 5.99. The number of nitrogens with zero attached hydrogens (tertiary/aromatic N) is 2. The van der Waals surface area contributed by atoms with E-state index in [9.17, 15) is 19.2 Å². The van der Waals surface area contributed by atoms with E-state index in [0.717, 1.165) is 4.90 Å². The highest BCUT2D eigenvalue weighted by Crippen LogP contribution is 2.14. The van der Waals surface area contributed by atoms with Crippen LogP contribution in [0.5, 0.6) is 0 Å². The third-order valence-corrected chi connectivity index (χ3v) is 2.94. The summed E-state index contributed by atoms with van der Waals surface area (Å²) in [6, 6.07) is 1.23. The molecule has 21 heavy (non-hydrogen) atoms. The molecule has 0 spiro atoms. The molecule has 1 aromatic heterocycles. The van der Waals surface area contributed by atoms with Gasteiger partial charge < -0.3 is 15.3 Å². The number of urea groups is 1. The van der Waals surface area contributed by atoms with E-state index in [1.165, 1.54) is 25.3 Å². The van der Waals surface area contributed by atoms with Crippen LogP contribution >= 0.6 is 0 Å². The number of aromatic carboxylic acids is 1. The lowest BCUT2D eigenvalue weighted by molar-refractivity contribution is -0.137. The van der Waals surface area contributed by atoms with E-state index >= 15 is 0 Å². The van der Waals surface area contributed by atoms with Crippen LogP contribution in [0, 0.1) is 0 Å². The van der Waals surface area contributed by atoms with Crippen LogP contribution in [0.3, 0.4) is 0 Å². The third-order valence-electron chi connectivity index (χ3n) is 2.94. The molecule has 2 heterocycles. The number of aromatic nitrogens is 1. The lowest BCUT2D eigenvalue weighted by Crippen LogP contribution is -2.59. The number of hydrogen-bond acceptors (Lipinski definition) is 5. The lowest BCUT2D eigenvalue weighted by atomic mass is 10.2. The van der Waals surface area contributed by atoms with Gasteiger partial charge in [-0.1, -0.05) is 0 Å². The Labute approximate surface area is 118 Å². The number of amides is 4. The van der Waals surface area contributed by atoms with Crippen LogP contribution in [0.25, 0.3) is 0 Å². The number of pyridine rings is 1. The van der Waals surface area contributed by atoms with Crippen LogP contribution in [-0.2, 0) is 9.59 Å². The van der Waals surface area contributed by atoms with Crippen LogP contribution in [0.2, 0.25) is 0 Å². The summed E-state index contributed by atoms with van der Waals surface area (Å²) in [6.45, 7) is 1.17. The molecule has 1 saturated heterocycles. The van der Waals surface area contributed by atoms with Gasteiger partial charge in [0.2, 0.25) is 11.8 Å². The Kier molecular flexibility index (Phi) is 3.83. The molecule has 0 aliphatic carbocycles. The molecule has 1 aromatic rings. The molecule has 110 valence electrons. The molecule has 4 amide bonds. The molecule has 0 radical (unpaired) electrons. The number of hydrogen-bond donors (Lipinski definition) is 3. The van der Waals surface area contributed by atoms with Crippen molar-refractivity contribution in [2.75, 3.05) is 11.9 Å². The molecule has 1 aliphatic rings.